The first-order valence-electron chi connectivity index (χ1n) is 4.59. The second-order valence-corrected chi connectivity index (χ2v) is 3.40. The van der Waals surface area contributed by atoms with Crippen LogP contribution in [0.5, 0.6) is 0 Å². The van der Waals surface area contributed by atoms with E-state index < -0.39 is 0 Å². The summed E-state index contributed by atoms with van der Waals surface area (Å²) >= 11 is 5.53. The van der Waals surface area contributed by atoms with Crippen LogP contribution in [0.2, 0.25) is 5.28 Å². The fraction of sp³-hybridized carbons (Fsp3) is 0. The van der Waals surface area contributed by atoms with E-state index in [9.17, 15) is 4.79 Å². The molecule has 1 aromatic carbocycles. The van der Waals surface area contributed by atoms with Gasteiger partial charge in [0.05, 0.1) is 18.1 Å². The Labute approximate surface area is 97.3 Å². The molecule has 4 nitrogen and oxygen atoms in total. The lowest BCUT2D eigenvalue weighted by atomic mass is 10.2. The average Bonchev–Trinajstić information content (AvgIpc) is 2.33. The van der Waals surface area contributed by atoms with Gasteiger partial charge in [-0.05, 0) is 23.7 Å². The van der Waals surface area contributed by atoms with Crippen molar-refractivity contribution in [3.63, 3.8) is 0 Å². The maximum Gasteiger partial charge on any atom is 0.255 e. The van der Waals surface area contributed by atoms with E-state index in [1.807, 2.05) is 6.07 Å². The van der Waals surface area contributed by atoms with Crippen molar-refractivity contribution >= 4 is 23.2 Å². The highest BCUT2D eigenvalue weighted by atomic mass is 35.5. The number of rotatable bonds is 2. The van der Waals surface area contributed by atoms with Crippen LogP contribution in [0.4, 0.5) is 5.69 Å². The molecule has 0 atom stereocenters. The van der Waals surface area contributed by atoms with Gasteiger partial charge in [0.1, 0.15) is 0 Å². The predicted octanol–water partition coefficient (Wildman–Crippen LogP) is 2.38. The number of halogens is 1. The highest BCUT2D eigenvalue weighted by molar-refractivity contribution is 6.28. The number of aromatic nitrogens is 2. The number of anilines is 1. The van der Waals surface area contributed by atoms with Gasteiger partial charge in [0.15, 0.2) is 0 Å². The maximum atomic E-state index is 11.7. The number of nitrogens with one attached hydrogen (secondary N) is 1. The number of hydrogen-bond donors (Lipinski definition) is 1. The molecule has 1 amide bonds. The number of hydrogen-bond acceptors (Lipinski definition) is 3. The second kappa shape index (κ2) is 4.72. The molecular formula is C11H8ClN3O. The van der Waals surface area contributed by atoms with Gasteiger partial charge in [-0.25, -0.2) is 9.97 Å². The molecule has 0 unspecified atom stereocenters. The fourth-order valence-electron chi connectivity index (χ4n) is 1.17. The molecule has 0 fully saturated rings. The van der Waals surface area contributed by atoms with Crippen molar-refractivity contribution in [1.82, 2.24) is 9.97 Å². The van der Waals surface area contributed by atoms with Gasteiger partial charge in [0.2, 0.25) is 5.28 Å². The van der Waals surface area contributed by atoms with Crippen LogP contribution in [0.15, 0.2) is 42.7 Å². The van der Waals surface area contributed by atoms with Gasteiger partial charge >= 0.3 is 0 Å². The maximum absolute atomic E-state index is 11.7. The molecule has 2 rings (SSSR count). The summed E-state index contributed by atoms with van der Waals surface area (Å²) in [6, 6.07) is 8.90. The minimum atomic E-state index is -0.202. The van der Waals surface area contributed by atoms with Crippen LogP contribution in [-0.2, 0) is 0 Å². The van der Waals surface area contributed by atoms with Crippen molar-refractivity contribution in [2.75, 3.05) is 5.32 Å². The summed E-state index contributed by atoms with van der Waals surface area (Å²) in [6.07, 6.45) is 2.91. The quantitative estimate of drug-likeness (QED) is 0.811. The van der Waals surface area contributed by atoms with E-state index in [0.29, 0.717) is 11.3 Å². The van der Waals surface area contributed by atoms with Crippen LogP contribution in [0.1, 0.15) is 10.4 Å². The summed E-state index contributed by atoms with van der Waals surface area (Å²) in [5.41, 5.74) is 1.09. The van der Waals surface area contributed by atoms with Gasteiger partial charge in [0.25, 0.3) is 5.91 Å². The van der Waals surface area contributed by atoms with Crippen LogP contribution >= 0.6 is 11.6 Å². The predicted molar refractivity (Wildman–Crippen MR) is 61.4 cm³/mol. The molecule has 16 heavy (non-hydrogen) atoms. The van der Waals surface area contributed by atoms with Crippen molar-refractivity contribution in [3.8, 4) is 0 Å². The van der Waals surface area contributed by atoms with Gasteiger partial charge < -0.3 is 5.32 Å². The van der Waals surface area contributed by atoms with Gasteiger partial charge in [-0.3, -0.25) is 4.79 Å². The third-order valence-corrected chi connectivity index (χ3v) is 2.11. The fourth-order valence-corrected chi connectivity index (χ4v) is 1.27. The van der Waals surface area contributed by atoms with Crippen LogP contribution in [-0.4, -0.2) is 15.9 Å². The van der Waals surface area contributed by atoms with E-state index in [1.165, 1.54) is 12.4 Å². The Morgan fingerprint density at radius 2 is 1.75 bits per heavy atom. The summed E-state index contributed by atoms with van der Waals surface area (Å²) in [5.74, 6) is -0.202. The molecule has 0 aliphatic carbocycles. The lowest BCUT2D eigenvalue weighted by Gasteiger charge is -2.03. The Morgan fingerprint density at radius 1 is 1.12 bits per heavy atom. The minimum absolute atomic E-state index is 0.151. The number of amides is 1. The molecule has 0 saturated heterocycles. The third-order valence-electron chi connectivity index (χ3n) is 1.91. The number of benzene rings is 1. The van der Waals surface area contributed by atoms with E-state index in [1.54, 1.807) is 24.3 Å². The van der Waals surface area contributed by atoms with Gasteiger partial charge in [-0.2, -0.15) is 0 Å². The molecule has 0 aliphatic heterocycles. The summed E-state index contributed by atoms with van der Waals surface area (Å²) in [6.45, 7) is 0. The van der Waals surface area contributed by atoms with Crippen LogP contribution in [0.3, 0.4) is 0 Å². The molecule has 1 N–H and O–H groups in total. The summed E-state index contributed by atoms with van der Waals surface area (Å²) < 4.78 is 0. The molecule has 5 heteroatoms. The SMILES string of the molecule is O=C(Nc1cnc(Cl)nc1)c1ccccc1. The van der Waals surface area contributed by atoms with E-state index >= 15 is 0 Å². The third kappa shape index (κ3) is 2.55. The molecule has 0 aliphatic rings. The first kappa shape index (κ1) is 10.6. The Hall–Kier alpha value is -1.94. The molecule has 2 aromatic rings. The zero-order valence-corrected chi connectivity index (χ0v) is 8.98. The molecule has 1 aromatic heterocycles. The average molecular weight is 234 g/mol. The number of carbonyl (C=O) groups excluding carboxylic acids is 1. The largest absolute Gasteiger partial charge is 0.319 e. The number of carbonyl (C=O) groups is 1. The lowest BCUT2D eigenvalue weighted by Crippen LogP contribution is -2.11. The normalized spacial score (nSPS) is 9.81. The zero-order valence-electron chi connectivity index (χ0n) is 8.22. The molecule has 0 spiro atoms. The standard InChI is InChI=1S/C11H8ClN3O/c12-11-13-6-9(7-14-11)15-10(16)8-4-2-1-3-5-8/h1-7H,(H,15,16). The first-order chi connectivity index (χ1) is 7.75. The lowest BCUT2D eigenvalue weighted by molar-refractivity contribution is 0.102. The summed E-state index contributed by atoms with van der Waals surface area (Å²) in [7, 11) is 0. The van der Waals surface area contributed by atoms with Crippen LogP contribution in [0, 0.1) is 0 Å². The summed E-state index contributed by atoms with van der Waals surface area (Å²) in [4.78, 5) is 19.2. The number of nitrogens with zero attached hydrogens (tertiary/aromatic N) is 2. The highest BCUT2D eigenvalue weighted by Gasteiger charge is 2.05. The zero-order chi connectivity index (χ0) is 11.4. The second-order valence-electron chi connectivity index (χ2n) is 3.06. The molecular weight excluding hydrogens is 226 g/mol. The summed E-state index contributed by atoms with van der Waals surface area (Å²) in [5, 5.41) is 2.81. The molecule has 0 saturated carbocycles. The van der Waals surface area contributed by atoms with Crippen molar-refractivity contribution < 1.29 is 4.79 Å². The van der Waals surface area contributed by atoms with E-state index in [-0.39, 0.29) is 11.2 Å². The van der Waals surface area contributed by atoms with Crippen LogP contribution < -0.4 is 5.32 Å². The Morgan fingerprint density at radius 3 is 2.38 bits per heavy atom. The van der Waals surface area contributed by atoms with Crippen molar-refractivity contribution in [3.05, 3.63) is 53.6 Å². The first-order valence-corrected chi connectivity index (χ1v) is 4.97. The van der Waals surface area contributed by atoms with Crippen molar-refractivity contribution in [2.24, 2.45) is 0 Å². The molecule has 1 heterocycles. The molecule has 80 valence electrons. The Bertz CT molecular complexity index is 484. The monoisotopic (exact) mass is 233 g/mol. The minimum Gasteiger partial charge on any atom is -0.319 e. The van der Waals surface area contributed by atoms with Crippen LogP contribution in [0.25, 0.3) is 0 Å². The van der Waals surface area contributed by atoms with Gasteiger partial charge in [0, 0.05) is 5.56 Å². The van der Waals surface area contributed by atoms with Gasteiger partial charge in [-0.1, -0.05) is 18.2 Å². The van der Waals surface area contributed by atoms with Gasteiger partial charge in [-0.15, -0.1) is 0 Å². The van der Waals surface area contributed by atoms with E-state index in [0.717, 1.165) is 0 Å². The molecule has 0 radical (unpaired) electrons. The highest BCUT2D eigenvalue weighted by Crippen LogP contribution is 2.08. The topological polar surface area (TPSA) is 54.9 Å². The Kier molecular flexibility index (Phi) is 3.12. The Balaban J connectivity index is 2.11. The van der Waals surface area contributed by atoms with Crippen molar-refractivity contribution in [2.45, 2.75) is 0 Å². The van der Waals surface area contributed by atoms with Crippen molar-refractivity contribution in [1.29, 1.82) is 0 Å². The van der Waals surface area contributed by atoms with E-state index in [2.05, 4.69) is 15.3 Å². The smallest absolute Gasteiger partial charge is 0.255 e. The molecule has 0 bridgehead atoms. The van der Waals surface area contributed by atoms with E-state index in [4.69, 9.17) is 11.6 Å².